The third-order valence-electron chi connectivity index (χ3n) is 3.66. The number of carboxylic acids is 1. The first kappa shape index (κ1) is 17.3. The molecule has 0 radical (unpaired) electrons. The van der Waals surface area contributed by atoms with Gasteiger partial charge in [-0.05, 0) is 18.6 Å². The fourth-order valence-electron chi connectivity index (χ4n) is 2.42. The van der Waals surface area contributed by atoms with Crippen molar-refractivity contribution in [3.05, 3.63) is 35.9 Å². The van der Waals surface area contributed by atoms with Crippen LogP contribution in [0.1, 0.15) is 30.1 Å². The zero-order valence-electron chi connectivity index (χ0n) is 12.9. The number of benzene rings is 1. The van der Waals surface area contributed by atoms with Crippen molar-refractivity contribution in [2.75, 3.05) is 11.6 Å². The van der Waals surface area contributed by atoms with E-state index in [1.807, 2.05) is 13.0 Å². The first-order valence-electron chi connectivity index (χ1n) is 7.51. The third kappa shape index (κ3) is 4.25. The lowest BCUT2D eigenvalue weighted by molar-refractivity contribution is -0.142. The lowest BCUT2D eigenvalue weighted by atomic mass is 10.1. The van der Waals surface area contributed by atoms with E-state index in [1.165, 1.54) is 16.7 Å². The molecule has 1 fully saturated rings. The van der Waals surface area contributed by atoms with Gasteiger partial charge in [-0.2, -0.15) is 0 Å². The fraction of sp³-hybridized carbons (Fsp3) is 0.438. The zero-order valence-corrected chi connectivity index (χ0v) is 13.7. The van der Waals surface area contributed by atoms with Gasteiger partial charge >= 0.3 is 5.97 Å². The maximum atomic E-state index is 12.5. The Morgan fingerprint density at radius 1 is 1.35 bits per heavy atom. The van der Waals surface area contributed by atoms with Crippen LogP contribution in [0.2, 0.25) is 0 Å². The van der Waals surface area contributed by atoms with E-state index in [2.05, 4.69) is 5.32 Å². The van der Waals surface area contributed by atoms with E-state index >= 15 is 0 Å². The Kier molecular flexibility index (Phi) is 6.04. The number of aliphatic carboxylic acids is 1. The number of carbonyl (C=O) groups excluding carboxylic acids is 2. The third-order valence-corrected chi connectivity index (χ3v) is 4.67. The second-order valence-electron chi connectivity index (χ2n) is 5.34. The molecule has 1 aliphatic rings. The average Bonchev–Trinajstić information content (AvgIpc) is 3.04. The molecule has 0 bridgehead atoms. The smallest absolute Gasteiger partial charge is 0.326 e. The van der Waals surface area contributed by atoms with Crippen LogP contribution in [0.5, 0.6) is 0 Å². The Morgan fingerprint density at radius 2 is 2.04 bits per heavy atom. The van der Waals surface area contributed by atoms with Crippen molar-refractivity contribution >= 4 is 29.5 Å². The topological polar surface area (TPSA) is 86.7 Å². The molecule has 1 aliphatic heterocycles. The summed E-state index contributed by atoms with van der Waals surface area (Å²) in [5.41, 5.74) is 0.524. The molecule has 2 atom stereocenters. The van der Waals surface area contributed by atoms with Crippen LogP contribution >= 0.6 is 11.8 Å². The SMILES string of the molecule is CCCC(NC(=O)C1CSCN1C(=O)c1ccccc1)C(=O)O. The number of hydrogen-bond acceptors (Lipinski definition) is 4. The molecular weight excluding hydrogens is 316 g/mol. The first-order chi connectivity index (χ1) is 11.0. The molecule has 7 heteroatoms. The molecule has 0 spiro atoms. The molecule has 2 unspecified atom stereocenters. The minimum atomic E-state index is -1.05. The van der Waals surface area contributed by atoms with Crippen molar-refractivity contribution in [3.63, 3.8) is 0 Å². The Hall–Kier alpha value is -2.02. The van der Waals surface area contributed by atoms with Gasteiger partial charge in [-0.3, -0.25) is 9.59 Å². The van der Waals surface area contributed by atoms with E-state index in [-0.39, 0.29) is 5.91 Å². The van der Waals surface area contributed by atoms with Gasteiger partial charge in [0.05, 0.1) is 5.88 Å². The van der Waals surface area contributed by atoms with Crippen LogP contribution < -0.4 is 5.32 Å². The van der Waals surface area contributed by atoms with E-state index < -0.39 is 24.0 Å². The molecule has 1 aromatic rings. The molecule has 0 aromatic heterocycles. The molecule has 0 aliphatic carbocycles. The number of hydrogen-bond donors (Lipinski definition) is 2. The zero-order chi connectivity index (χ0) is 16.8. The second kappa shape index (κ2) is 8.01. The molecule has 1 heterocycles. The molecule has 124 valence electrons. The van der Waals surface area contributed by atoms with Gasteiger partial charge < -0.3 is 15.3 Å². The molecule has 1 saturated heterocycles. The second-order valence-corrected chi connectivity index (χ2v) is 6.34. The fourth-order valence-corrected chi connectivity index (χ4v) is 3.57. The van der Waals surface area contributed by atoms with E-state index in [0.29, 0.717) is 30.0 Å². The minimum absolute atomic E-state index is 0.210. The summed E-state index contributed by atoms with van der Waals surface area (Å²) in [5.74, 6) is -0.759. The lowest BCUT2D eigenvalue weighted by Crippen LogP contribution is -2.51. The summed E-state index contributed by atoms with van der Waals surface area (Å²) in [4.78, 5) is 37.6. The van der Waals surface area contributed by atoms with E-state index in [1.54, 1.807) is 24.3 Å². The van der Waals surface area contributed by atoms with Crippen molar-refractivity contribution in [1.29, 1.82) is 0 Å². The van der Waals surface area contributed by atoms with Crippen molar-refractivity contribution < 1.29 is 19.5 Å². The number of nitrogens with zero attached hydrogens (tertiary/aromatic N) is 1. The van der Waals surface area contributed by atoms with Crippen LogP contribution in [-0.2, 0) is 9.59 Å². The highest BCUT2D eigenvalue weighted by Crippen LogP contribution is 2.23. The number of carboxylic acid groups (broad SMARTS) is 1. The molecule has 23 heavy (non-hydrogen) atoms. The summed E-state index contributed by atoms with van der Waals surface area (Å²) in [5, 5.41) is 11.7. The number of amides is 2. The standard InChI is InChI=1S/C16H20N2O4S/c1-2-6-12(16(21)22)17-14(19)13-9-23-10-18(13)15(20)11-7-4-3-5-8-11/h3-5,7-8,12-13H,2,6,9-10H2,1H3,(H,17,19)(H,21,22). The van der Waals surface area contributed by atoms with Gasteiger partial charge in [0.2, 0.25) is 5.91 Å². The summed E-state index contributed by atoms with van der Waals surface area (Å²) < 4.78 is 0. The Balaban J connectivity index is 2.07. The predicted molar refractivity (Wildman–Crippen MR) is 88.2 cm³/mol. The quantitative estimate of drug-likeness (QED) is 0.823. The largest absolute Gasteiger partial charge is 0.480 e. The maximum absolute atomic E-state index is 12.5. The Labute approximate surface area is 139 Å². The highest BCUT2D eigenvalue weighted by molar-refractivity contribution is 7.99. The minimum Gasteiger partial charge on any atom is -0.480 e. The molecule has 2 rings (SSSR count). The average molecular weight is 336 g/mol. The molecule has 6 nitrogen and oxygen atoms in total. The molecule has 1 aromatic carbocycles. The van der Waals surface area contributed by atoms with Crippen molar-refractivity contribution in [2.45, 2.75) is 31.8 Å². The van der Waals surface area contributed by atoms with E-state index in [0.717, 1.165) is 0 Å². The van der Waals surface area contributed by atoms with Crippen LogP contribution in [0.4, 0.5) is 0 Å². The monoisotopic (exact) mass is 336 g/mol. The van der Waals surface area contributed by atoms with Crippen LogP contribution in [0.25, 0.3) is 0 Å². The summed E-state index contributed by atoms with van der Waals surface area (Å²) in [7, 11) is 0. The summed E-state index contributed by atoms with van der Waals surface area (Å²) in [6.45, 7) is 1.86. The van der Waals surface area contributed by atoms with E-state index in [9.17, 15) is 14.4 Å². The van der Waals surface area contributed by atoms with Gasteiger partial charge in [0, 0.05) is 11.3 Å². The molecule has 2 amide bonds. The summed E-state index contributed by atoms with van der Waals surface area (Å²) >= 11 is 1.49. The lowest BCUT2D eigenvalue weighted by Gasteiger charge is -2.24. The van der Waals surface area contributed by atoms with Crippen LogP contribution in [0.3, 0.4) is 0 Å². The highest BCUT2D eigenvalue weighted by Gasteiger charge is 2.36. The predicted octanol–water partition coefficient (Wildman–Crippen LogP) is 1.57. The van der Waals surface area contributed by atoms with Crippen LogP contribution in [-0.4, -0.2) is 51.5 Å². The molecule has 0 saturated carbocycles. The normalized spacial score (nSPS) is 18.5. The number of carbonyl (C=O) groups is 3. The Bertz CT molecular complexity index is 579. The van der Waals surface area contributed by atoms with Gasteiger partial charge in [-0.1, -0.05) is 31.5 Å². The van der Waals surface area contributed by atoms with E-state index in [4.69, 9.17) is 5.11 Å². The number of thioether (sulfide) groups is 1. The van der Waals surface area contributed by atoms with Crippen molar-refractivity contribution in [3.8, 4) is 0 Å². The number of rotatable bonds is 6. The van der Waals surface area contributed by atoms with Crippen LogP contribution in [0.15, 0.2) is 30.3 Å². The van der Waals surface area contributed by atoms with Crippen molar-refractivity contribution in [2.24, 2.45) is 0 Å². The number of nitrogens with one attached hydrogen (secondary N) is 1. The maximum Gasteiger partial charge on any atom is 0.326 e. The van der Waals surface area contributed by atoms with Gasteiger partial charge in [0.15, 0.2) is 0 Å². The van der Waals surface area contributed by atoms with Crippen molar-refractivity contribution in [1.82, 2.24) is 10.2 Å². The summed E-state index contributed by atoms with van der Waals surface area (Å²) in [6, 6.07) is 7.23. The molecule has 2 N–H and O–H groups in total. The Morgan fingerprint density at radius 3 is 2.65 bits per heavy atom. The van der Waals surface area contributed by atoms with Gasteiger partial charge in [0.25, 0.3) is 5.91 Å². The van der Waals surface area contributed by atoms with Gasteiger partial charge in [0.1, 0.15) is 12.1 Å². The first-order valence-corrected chi connectivity index (χ1v) is 8.67. The highest BCUT2D eigenvalue weighted by atomic mass is 32.2. The van der Waals surface area contributed by atoms with Crippen LogP contribution in [0, 0.1) is 0 Å². The summed E-state index contributed by atoms with van der Waals surface area (Å²) in [6.07, 6.45) is 1.02. The van der Waals surface area contributed by atoms with Gasteiger partial charge in [-0.15, -0.1) is 11.8 Å². The molecular formula is C16H20N2O4S. The van der Waals surface area contributed by atoms with Gasteiger partial charge in [-0.25, -0.2) is 4.79 Å².